The summed E-state index contributed by atoms with van der Waals surface area (Å²) in [6.45, 7) is 12.6. The van der Waals surface area contributed by atoms with Gasteiger partial charge in [-0.1, -0.05) is 66.3 Å². The second kappa shape index (κ2) is 6.58. The Morgan fingerprint density at radius 2 is 1.67 bits per heavy atom. The van der Waals surface area contributed by atoms with Crippen molar-refractivity contribution < 1.29 is 0 Å². The van der Waals surface area contributed by atoms with Gasteiger partial charge < -0.3 is 0 Å². The molecule has 2 rings (SSSR count). The van der Waals surface area contributed by atoms with Crippen LogP contribution in [-0.2, 0) is 6.42 Å². The molecule has 0 N–H and O–H groups in total. The zero-order chi connectivity index (χ0) is 15.4. The lowest BCUT2D eigenvalue weighted by Crippen LogP contribution is -1.99. The summed E-state index contributed by atoms with van der Waals surface area (Å²) >= 11 is 0. The predicted molar refractivity (Wildman–Crippen MR) is 93.6 cm³/mol. The van der Waals surface area contributed by atoms with E-state index in [1.165, 1.54) is 39.0 Å². The molecule has 0 amide bonds. The molecule has 0 radical (unpaired) electrons. The number of hydrogen-bond acceptors (Lipinski definition) is 0. The highest BCUT2D eigenvalue weighted by Gasteiger charge is 2.11. The van der Waals surface area contributed by atoms with Gasteiger partial charge in [0.25, 0.3) is 0 Å². The van der Waals surface area contributed by atoms with E-state index in [1.807, 2.05) is 6.08 Å². The number of hydrogen-bond donors (Lipinski definition) is 0. The summed E-state index contributed by atoms with van der Waals surface area (Å²) in [5, 5.41) is 0. The minimum Gasteiger partial charge on any atom is -0.0988 e. The second-order valence-corrected chi connectivity index (χ2v) is 5.74. The minimum atomic E-state index is 0.982. The summed E-state index contributed by atoms with van der Waals surface area (Å²) < 4.78 is 0. The Morgan fingerprint density at radius 3 is 2.29 bits per heavy atom. The Balaban J connectivity index is 2.58. The number of rotatable bonds is 4. The van der Waals surface area contributed by atoms with Crippen LogP contribution in [-0.4, -0.2) is 0 Å². The van der Waals surface area contributed by atoms with Crippen LogP contribution in [0, 0.1) is 13.8 Å². The molecule has 0 aliphatic heterocycles. The molecule has 0 saturated heterocycles. The highest BCUT2D eigenvalue weighted by Crippen LogP contribution is 2.30. The van der Waals surface area contributed by atoms with Gasteiger partial charge in [0.05, 0.1) is 0 Å². The van der Waals surface area contributed by atoms with E-state index in [-0.39, 0.29) is 0 Å². The van der Waals surface area contributed by atoms with Crippen LogP contribution in [0.5, 0.6) is 0 Å². The smallest absolute Gasteiger partial charge is 0.00553 e. The first kappa shape index (κ1) is 15.3. The third kappa shape index (κ3) is 3.33. The molecule has 0 heterocycles. The highest BCUT2D eigenvalue weighted by molar-refractivity contribution is 5.70. The third-order valence-corrected chi connectivity index (χ3v) is 4.38. The minimum absolute atomic E-state index is 0.982. The molecule has 108 valence electrons. The van der Waals surface area contributed by atoms with Crippen molar-refractivity contribution in [2.24, 2.45) is 0 Å². The molecule has 0 atom stereocenters. The summed E-state index contributed by atoms with van der Waals surface area (Å²) in [6, 6.07) is 15.1. The quantitative estimate of drug-likeness (QED) is 0.598. The summed E-state index contributed by atoms with van der Waals surface area (Å²) in [5.74, 6) is 0. The molecular formula is C21H24. The van der Waals surface area contributed by atoms with Crippen molar-refractivity contribution in [2.45, 2.75) is 34.1 Å². The van der Waals surface area contributed by atoms with E-state index >= 15 is 0 Å². The summed E-state index contributed by atoms with van der Waals surface area (Å²) in [5.41, 5.74) is 9.47. The van der Waals surface area contributed by atoms with Crippen LogP contribution < -0.4 is 0 Å². The molecule has 0 unspecified atom stereocenters. The molecule has 0 fully saturated rings. The molecule has 2 aromatic rings. The number of aryl methyl sites for hydroxylation is 1. The van der Waals surface area contributed by atoms with E-state index in [4.69, 9.17) is 0 Å². The van der Waals surface area contributed by atoms with Crippen LogP contribution in [0.15, 0.2) is 66.3 Å². The van der Waals surface area contributed by atoms with Gasteiger partial charge in [-0.25, -0.2) is 0 Å². The van der Waals surface area contributed by atoms with Gasteiger partial charge >= 0.3 is 0 Å². The average Bonchev–Trinajstić information content (AvgIpc) is 2.52. The van der Waals surface area contributed by atoms with E-state index in [9.17, 15) is 0 Å². The lowest BCUT2D eigenvalue weighted by atomic mass is 9.88. The van der Waals surface area contributed by atoms with E-state index in [0.29, 0.717) is 0 Å². The van der Waals surface area contributed by atoms with Gasteiger partial charge in [0.1, 0.15) is 0 Å². The van der Waals surface area contributed by atoms with Crippen LogP contribution >= 0.6 is 0 Å². The van der Waals surface area contributed by atoms with Crippen molar-refractivity contribution >= 4 is 0 Å². The Kier molecular flexibility index (Phi) is 4.80. The maximum atomic E-state index is 3.89. The van der Waals surface area contributed by atoms with Crippen molar-refractivity contribution in [1.29, 1.82) is 0 Å². The van der Waals surface area contributed by atoms with Crippen molar-refractivity contribution in [3.05, 3.63) is 83.0 Å². The zero-order valence-corrected chi connectivity index (χ0v) is 13.5. The average molecular weight is 276 g/mol. The van der Waals surface area contributed by atoms with Gasteiger partial charge in [-0.2, -0.15) is 0 Å². The van der Waals surface area contributed by atoms with Crippen molar-refractivity contribution in [1.82, 2.24) is 0 Å². The molecule has 0 spiro atoms. The lowest BCUT2D eigenvalue weighted by molar-refractivity contribution is 1.08. The van der Waals surface area contributed by atoms with Gasteiger partial charge in [0.2, 0.25) is 0 Å². The van der Waals surface area contributed by atoms with Crippen molar-refractivity contribution in [3.8, 4) is 11.1 Å². The summed E-state index contributed by atoms with van der Waals surface area (Å²) in [4.78, 5) is 0. The molecule has 0 heteroatoms. The van der Waals surface area contributed by atoms with Gasteiger partial charge in [0, 0.05) is 0 Å². The normalized spacial score (nSPS) is 12.0. The van der Waals surface area contributed by atoms with Crippen LogP contribution in [0.3, 0.4) is 0 Å². The number of allylic oxidation sites excluding steroid dienone is 3. The standard InChI is InChI=1S/C21H24/c1-6-15(2)17(4)14-21-18(5)16(3)12-13-20(21)19-10-8-7-9-11-19/h6-13H,1,14H2,2-5H3/b17-15+. The van der Waals surface area contributed by atoms with E-state index in [0.717, 1.165) is 6.42 Å². The number of benzene rings is 2. The van der Waals surface area contributed by atoms with Gasteiger partial charge in [-0.05, 0) is 61.9 Å². The SMILES string of the molecule is C=C/C(C)=C(\C)Cc1c(-c2ccccc2)ccc(C)c1C. The molecule has 0 saturated carbocycles. The Labute approximate surface area is 128 Å². The van der Waals surface area contributed by atoms with Crippen LogP contribution in [0.2, 0.25) is 0 Å². The second-order valence-electron chi connectivity index (χ2n) is 5.74. The molecule has 21 heavy (non-hydrogen) atoms. The molecule has 0 aromatic heterocycles. The summed E-state index contributed by atoms with van der Waals surface area (Å²) in [6.07, 6.45) is 2.93. The first-order valence-corrected chi connectivity index (χ1v) is 7.48. The van der Waals surface area contributed by atoms with Crippen molar-refractivity contribution in [2.75, 3.05) is 0 Å². The zero-order valence-electron chi connectivity index (χ0n) is 13.5. The molecule has 2 aromatic carbocycles. The molecule has 0 aliphatic rings. The van der Waals surface area contributed by atoms with E-state index < -0.39 is 0 Å². The topological polar surface area (TPSA) is 0 Å². The van der Waals surface area contributed by atoms with Gasteiger partial charge in [-0.15, -0.1) is 0 Å². The first-order chi connectivity index (χ1) is 10.0. The third-order valence-electron chi connectivity index (χ3n) is 4.38. The van der Waals surface area contributed by atoms with E-state index in [2.05, 4.69) is 76.7 Å². The molecule has 0 nitrogen and oxygen atoms in total. The van der Waals surface area contributed by atoms with E-state index in [1.54, 1.807) is 0 Å². The Hall–Kier alpha value is -2.08. The fourth-order valence-corrected chi connectivity index (χ4v) is 2.57. The van der Waals surface area contributed by atoms with Gasteiger partial charge in [0.15, 0.2) is 0 Å². The first-order valence-electron chi connectivity index (χ1n) is 7.48. The molecular weight excluding hydrogens is 252 g/mol. The Bertz CT molecular complexity index is 673. The maximum Gasteiger partial charge on any atom is -0.00553 e. The summed E-state index contributed by atoms with van der Waals surface area (Å²) in [7, 11) is 0. The van der Waals surface area contributed by atoms with Crippen LogP contribution in [0.4, 0.5) is 0 Å². The van der Waals surface area contributed by atoms with Gasteiger partial charge in [-0.3, -0.25) is 0 Å². The monoisotopic (exact) mass is 276 g/mol. The lowest BCUT2D eigenvalue weighted by Gasteiger charge is -2.16. The van der Waals surface area contributed by atoms with Crippen LogP contribution in [0.25, 0.3) is 11.1 Å². The Morgan fingerprint density at radius 1 is 1.00 bits per heavy atom. The maximum absolute atomic E-state index is 3.89. The largest absolute Gasteiger partial charge is 0.0988 e. The van der Waals surface area contributed by atoms with Crippen LogP contribution in [0.1, 0.15) is 30.5 Å². The predicted octanol–water partition coefficient (Wildman–Crippen LogP) is 6.04. The molecule has 0 aliphatic carbocycles. The van der Waals surface area contributed by atoms with Crippen molar-refractivity contribution in [3.63, 3.8) is 0 Å². The highest BCUT2D eigenvalue weighted by atomic mass is 14.2. The fourth-order valence-electron chi connectivity index (χ4n) is 2.57. The molecule has 0 bridgehead atoms. The fraction of sp³-hybridized carbons (Fsp3) is 0.238.